The van der Waals surface area contributed by atoms with Crippen molar-refractivity contribution < 1.29 is 0 Å². The molecule has 1 aromatic carbocycles. The SMILES string of the molecule is N=Nc1c(N)nc(N)nc1SCc1ccccc1. The third kappa shape index (κ3) is 2.75. The number of nitrogens with zero attached hydrogens (tertiary/aromatic N) is 3. The predicted octanol–water partition coefficient (Wildman–Crippen LogP) is 2.60. The average molecular weight is 260 g/mol. The van der Waals surface area contributed by atoms with Gasteiger partial charge in [0.15, 0.2) is 11.5 Å². The largest absolute Gasteiger partial charge is 0.382 e. The van der Waals surface area contributed by atoms with Crippen LogP contribution >= 0.6 is 11.8 Å². The zero-order valence-corrected chi connectivity index (χ0v) is 10.3. The van der Waals surface area contributed by atoms with Gasteiger partial charge in [0.1, 0.15) is 5.03 Å². The molecule has 0 aliphatic rings. The minimum Gasteiger partial charge on any atom is -0.382 e. The molecule has 0 aliphatic heterocycles. The monoisotopic (exact) mass is 260 g/mol. The fourth-order valence-corrected chi connectivity index (χ4v) is 2.34. The van der Waals surface area contributed by atoms with Gasteiger partial charge in [0, 0.05) is 5.75 Å². The van der Waals surface area contributed by atoms with Crippen molar-refractivity contribution in [1.29, 1.82) is 5.53 Å². The lowest BCUT2D eigenvalue weighted by molar-refractivity contribution is 1.02. The molecule has 1 heterocycles. The molecule has 0 amide bonds. The molecule has 1 aromatic heterocycles. The smallest absolute Gasteiger partial charge is 0.223 e. The Hall–Kier alpha value is -2.15. The van der Waals surface area contributed by atoms with Crippen LogP contribution in [0.5, 0.6) is 0 Å². The molecule has 0 atom stereocenters. The van der Waals surface area contributed by atoms with Crippen molar-refractivity contribution in [3.05, 3.63) is 35.9 Å². The summed E-state index contributed by atoms with van der Waals surface area (Å²) >= 11 is 1.43. The molecule has 0 spiro atoms. The number of hydrogen-bond donors (Lipinski definition) is 3. The minimum atomic E-state index is 0.0930. The summed E-state index contributed by atoms with van der Waals surface area (Å²) in [6.07, 6.45) is 0. The lowest BCUT2D eigenvalue weighted by atomic mass is 10.2. The number of nitrogens with two attached hydrogens (primary N) is 2. The second-order valence-corrected chi connectivity index (χ2v) is 4.47. The Bertz CT molecular complexity index is 557. The van der Waals surface area contributed by atoms with E-state index in [0.29, 0.717) is 10.8 Å². The van der Waals surface area contributed by atoms with E-state index in [2.05, 4.69) is 15.1 Å². The molecule has 0 fully saturated rings. The number of aromatic nitrogens is 2. The molecular formula is C11H12N6S. The fourth-order valence-electron chi connectivity index (χ4n) is 1.40. The quantitative estimate of drug-likeness (QED) is 0.444. The van der Waals surface area contributed by atoms with Crippen LogP contribution in [-0.4, -0.2) is 9.97 Å². The lowest BCUT2D eigenvalue weighted by Crippen LogP contribution is -2.01. The molecule has 7 heteroatoms. The molecule has 92 valence electrons. The van der Waals surface area contributed by atoms with Crippen molar-refractivity contribution in [2.45, 2.75) is 10.8 Å². The highest BCUT2D eigenvalue weighted by atomic mass is 32.2. The highest BCUT2D eigenvalue weighted by molar-refractivity contribution is 7.98. The molecule has 2 rings (SSSR count). The van der Waals surface area contributed by atoms with Crippen molar-refractivity contribution >= 4 is 29.2 Å². The lowest BCUT2D eigenvalue weighted by Gasteiger charge is -2.06. The van der Waals surface area contributed by atoms with Gasteiger partial charge in [-0.05, 0) is 5.56 Å². The maximum absolute atomic E-state index is 7.09. The number of hydrogen-bond acceptors (Lipinski definition) is 7. The molecule has 5 N–H and O–H groups in total. The molecule has 2 aromatic rings. The van der Waals surface area contributed by atoms with Gasteiger partial charge in [0.05, 0.1) is 0 Å². The summed E-state index contributed by atoms with van der Waals surface area (Å²) in [6, 6.07) is 9.92. The van der Waals surface area contributed by atoms with Gasteiger partial charge in [0.25, 0.3) is 0 Å². The Labute approximate surface area is 108 Å². The normalized spacial score (nSPS) is 10.2. The van der Waals surface area contributed by atoms with Gasteiger partial charge in [-0.25, -0.2) is 10.5 Å². The fraction of sp³-hybridized carbons (Fsp3) is 0.0909. The number of nitrogen functional groups attached to an aromatic ring is 2. The third-order valence-electron chi connectivity index (χ3n) is 2.23. The van der Waals surface area contributed by atoms with E-state index in [1.165, 1.54) is 11.8 Å². The second kappa shape index (κ2) is 5.46. The highest BCUT2D eigenvalue weighted by Crippen LogP contribution is 2.34. The van der Waals surface area contributed by atoms with Crippen LogP contribution in [-0.2, 0) is 5.75 Å². The molecule has 0 saturated heterocycles. The third-order valence-corrected chi connectivity index (χ3v) is 3.26. The van der Waals surface area contributed by atoms with Gasteiger partial charge < -0.3 is 11.5 Å². The number of nitrogens with one attached hydrogen (secondary N) is 1. The van der Waals surface area contributed by atoms with E-state index in [9.17, 15) is 0 Å². The van der Waals surface area contributed by atoms with Crippen molar-refractivity contribution in [3.63, 3.8) is 0 Å². The highest BCUT2D eigenvalue weighted by Gasteiger charge is 2.11. The van der Waals surface area contributed by atoms with Crippen LogP contribution in [0.25, 0.3) is 0 Å². The van der Waals surface area contributed by atoms with Crippen LogP contribution in [0.15, 0.2) is 40.5 Å². The Morgan fingerprint density at radius 1 is 1.17 bits per heavy atom. The number of benzene rings is 1. The van der Waals surface area contributed by atoms with Crippen LogP contribution in [0.1, 0.15) is 5.56 Å². The number of anilines is 2. The molecule has 6 nitrogen and oxygen atoms in total. The first kappa shape index (κ1) is 12.3. The molecular weight excluding hydrogens is 248 g/mol. The summed E-state index contributed by atoms with van der Waals surface area (Å²) in [5, 5.41) is 3.87. The summed E-state index contributed by atoms with van der Waals surface area (Å²) in [5.41, 5.74) is 19.7. The predicted molar refractivity (Wildman–Crippen MR) is 71.7 cm³/mol. The molecule has 0 unspecified atom stereocenters. The zero-order valence-electron chi connectivity index (χ0n) is 9.50. The van der Waals surface area contributed by atoms with Gasteiger partial charge in [0.2, 0.25) is 5.95 Å². The first-order valence-electron chi connectivity index (χ1n) is 5.18. The van der Waals surface area contributed by atoms with E-state index >= 15 is 0 Å². The van der Waals surface area contributed by atoms with Crippen LogP contribution in [0.2, 0.25) is 0 Å². The van der Waals surface area contributed by atoms with E-state index in [1.54, 1.807) is 0 Å². The van der Waals surface area contributed by atoms with Gasteiger partial charge >= 0.3 is 0 Å². The van der Waals surface area contributed by atoms with Crippen molar-refractivity contribution in [3.8, 4) is 0 Å². The Morgan fingerprint density at radius 2 is 1.89 bits per heavy atom. The summed E-state index contributed by atoms with van der Waals surface area (Å²) < 4.78 is 0. The van der Waals surface area contributed by atoms with Crippen LogP contribution < -0.4 is 11.5 Å². The van der Waals surface area contributed by atoms with Crippen molar-refractivity contribution in [2.24, 2.45) is 5.11 Å². The molecule has 0 aliphatic carbocycles. The second-order valence-electron chi connectivity index (χ2n) is 3.51. The summed E-state index contributed by atoms with van der Waals surface area (Å²) in [7, 11) is 0. The molecule has 0 radical (unpaired) electrons. The summed E-state index contributed by atoms with van der Waals surface area (Å²) in [4.78, 5) is 7.83. The van der Waals surface area contributed by atoms with Crippen molar-refractivity contribution in [2.75, 3.05) is 11.5 Å². The van der Waals surface area contributed by atoms with E-state index in [4.69, 9.17) is 17.0 Å². The van der Waals surface area contributed by atoms with Crippen LogP contribution in [0, 0.1) is 5.53 Å². The standard InChI is InChI=1S/C11H12N6S/c12-9-8(17-14)10(16-11(13)15-9)18-6-7-4-2-1-3-5-7/h1-5,14H,6H2,(H4,12,13,15,16). The minimum absolute atomic E-state index is 0.0930. The zero-order chi connectivity index (χ0) is 13.0. The molecule has 0 saturated carbocycles. The van der Waals surface area contributed by atoms with E-state index in [0.717, 1.165) is 5.56 Å². The Morgan fingerprint density at radius 3 is 2.56 bits per heavy atom. The van der Waals surface area contributed by atoms with Gasteiger partial charge in [-0.2, -0.15) is 10.1 Å². The Balaban J connectivity index is 2.21. The van der Waals surface area contributed by atoms with Crippen LogP contribution in [0.4, 0.5) is 17.5 Å². The maximum atomic E-state index is 7.09. The topological polar surface area (TPSA) is 114 Å². The van der Waals surface area contributed by atoms with E-state index in [-0.39, 0.29) is 17.5 Å². The molecule has 18 heavy (non-hydrogen) atoms. The maximum Gasteiger partial charge on any atom is 0.223 e. The number of rotatable bonds is 4. The first-order valence-corrected chi connectivity index (χ1v) is 6.16. The molecule has 0 bridgehead atoms. The Kier molecular flexibility index (Phi) is 3.73. The van der Waals surface area contributed by atoms with E-state index < -0.39 is 0 Å². The summed E-state index contributed by atoms with van der Waals surface area (Å²) in [6.45, 7) is 0. The van der Waals surface area contributed by atoms with Gasteiger partial charge in [-0.15, -0.1) is 0 Å². The summed E-state index contributed by atoms with van der Waals surface area (Å²) in [5.74, 6) is 0.933. The number of thioether (sulfide) groups is 1. The van der Waals surface area contributed by atoms with E-state index in [1.807, 2.05) is 30.3 Å². The van der Waals surface area contributed by atoms with Gasteiger partial charge in [-0.3, -0.25) is 0 Å². The average Bonchev–Trinajstić information content (AvgIpc) is 2.37. The van der Waals surface area contributed by atoms with Gasteiger partial charge in [-0.1, -0.05) is 42.1 Å². The van der Waals surface area contributed by atoms with Crippen molar-refractivity contribution in [1.82, 2.24) is 9.97 Å². The first-order chi connectivity index (χ1) is 8.70. The van der Waals surface area contributed by atoms with Crippen LogP contribution in [0.3, 0.4) is 0 Å².